The lowest BCUT2D eigenvalue weighted by molar-refractivity contribution is -0.219. The summed E-state index contributed by atoms with van der Waals surface area (Å²) in [6.45, 7) is 4.19. The fraction of sp³-hybridized carbons (Fsp3) is 0.933. The molecule has 0 aromatic rings. The first-order valence-electron chi connectivity index (χ1n) is 7.39. The molecule has 0 aromatic heterocycles. The Hall–Kier alpha value is -0.450. The van der Waals surface area contributed by atoms with Crippen LogP contribution in [0.5, 0.6) is 0 Å². The van der Waals surface area contributed by atoms with Crippen LogP contribution in [0.4, 0.5) is 0 Å². The number of methoxy groups -OCH3 is 1. The molecule has 1 saturated heterocycles. The van der Waals surface area contributed by atoms with Crippen LogP contribution in [0.15, 0.2) is 0 Å². The van der Waals surface area contributed by atoms with E-state index in [0.29, 0.717) is 31.3 Å². The summed E-state index contributed by atoms with van der Waals surface area (Å²) in [6.07, 6.45) is 4.46. The second kappa shape index (κ2) is 4.83. The topological polar surface area (TPSA) is 44.8 Å². The van der Waals surface area contributed by atoms with Gasteiger partial charge >= 0.3 is 0 Å². The van der Waals surface area contributed by atoms with Gasteiger partial charge in [-0.25, -0.2) is 0 Å². The molecule has 0 N–H and O–H groups in total. The molecule has 3 atom stereocenters. The van der Waals surface area contributed by atoms with Crippen molar-refractivity contribution in [1.29, 1.82) is 0 Å². The van der Waals surface area contributed by atoms with Gasteiger partial charge in [-0.05, 0) is 24.2 Å². The summed E-state index contributed by atoms with van der Waals surface area (Å²) < 4.78 is 17.2. The van der Waals surface area contributed by atoms with Gasteiger partial charge in [0.1, 0.15) is 5.78 Å². The van der Waals surface area contributed by atoms with Crippen molar-refractivity contribution in [1.82, 2.24) is 0 Å². The van der Waals surface area contributed by atoms with Crippen LogP contribution in [0.1, 0.15) is 39.0 Å². The van der Waals surface area contributed by atoms with Crippen molar-refractivity contribution >= 4 is 5.78 Å². The molecule has 4 heteroatoms. The SMILES string of the molecule is COC[C@@]12CCC3(C[C@H]1CC(=O)[C@H](C)C2)OCCO3. The van der Waals surface area contributed by atoms with Gasteiger partial charge in [-0.1, -0.05) is 6.92 Å². The first kappa shape index (κ1) is 13.5. The molecule has 1 heterocycles. The Balaban J connectivity index is 1.82. The van der Waals surface area contributed by atoms with Crippen LogP contribution < -0.4 is 0 Å². The van der Waals surface area contributed by atoms with E-state index >= 15 is 0 Å². The summed E-state index contributed by atoms with van der Waals surface area (Å²) in [5.74, 6) is 0.517. The van der Waals surface area contributed by atoms with Crippen molar-refractivity contribution < 1.29 is 19.0 Å². The Morgan fingerprint density at radius 3 is 2.68 bits per heavy atom. The third kappa shape index (κ3) is 2.24. The molecule has 1 aliphatic heterocycles. The third-order valence-corrected chi connectivity index (χ3v) is 5.38. The Kier molecular flexibility index (Phi) is 3.44. The summed E-state index contributed by atoms with van der Waals surface area (Å²) in [7, 11) is 1.76. The molecule has 0 unspecified atom stereocenters. The molecule has 19 heavy (non-hydrogen) atoms. The van der Waals surface area contributed by atoms with E-state index < -0.39 is 5.79 Å². The molecular weight excluding hydrogens is 244 g/mol. The van der Waals surface area contributed by atoms with Gasteiger partial charge in [0.15, 0.2) is 5.79 Å². The van der Waals surface area contributed by atoms with E-state index in [4.69, 9.17) is 14.2 Å². The Labute approximate surface area is 114 Å². The number of ketones is 1. The van der Waals surface area contributed by atoms with Crippen LogP contribution in [0.25, 0.3) is 0 Å². The first-order chi connectivity index (χ1) is 9.09. The lowest BCUT2D eigenvalue weighted by Crippen LogP contribution is -2.52. The van der Waals surface area contributed by atoms with Crippen molar-refractivity contribution in [3.8, 4) is 0 Å². The molecule has 2 saturated carbocycles. The summed E-state index contributed by atoms with van der Waals surface area (Å²) in [4.78, 5) is 12.1. The number of ether oxygens (including phenoxy) is 3. The first-order valence-corrected chi connectivity index (χ1v) is 7.39. The summed E-state index contributed by atoms with van der Waals surface area (Å²) in [6, 6.07) is 0. The summed E-state index contributed by atoms with van der Waals surface area (Å²) in [5, 5.41) is 0. The fourth-order valence-corrected chi connectivity index (χ4v) is 4.36. The summed E-state index contributed by atoms with van der Waals surface area (Å²) in [5.41, 5.74) is 0.155. The third-order valence-electron chi connectivity index (χ3n) is 5.38. The largest absolute Gasteiger partial charge is 0.384 e. The minimum atomic E-state index is -0.400. The van der Waals surface area contributed by atoms with Crippen molar-refractivity contribution in [2.75, 3.05) is 26.9 Å². The highest BCUT2D eigenvalue weighted by Gasteiger charge is 2.55. The van der Waals surface area contributed by atoms with Gasteiger partial charge in [-0.3, -0.25) is 4.79 Å². The number of Topliss-reactive ketones (excluding diaryl/α,β-unsaturated/α-hetero) is 1. The van der Waals surface area contributed by atoms with Crippen molar-refractivity contribution in [3.05, 3.63) is 0 Å². The van der Waals surface area contributed by atoms with Gasteiger partial charge in [0.05, 0.1) is 19.8 Å². The molecule has 0 bridgehead atoms. The van der Waals surface area contributed by atoms with Crippen LogP contribution in [0, 0.1) is 17.3 Å². The monoisotopic (exact) mass is 268 g/mol. The van der Waals surface area contributed by atoms with E-state index in [1.165, 1.54) is 0 Å². The van der Waals surface area contributed by atoms with Gasteiger partial charge in [-0.15, -0.1) is 0 Å². The molecule has 3 rings (SSSR count). The zero-order valence-electron chi connectivity index (χ0n) is 11.9. The minimum absolute atomic E-state index is 0.155. The Morgan fingerprint density at radius 1 is 1.26 bits per heavy atom. The standard InChI is InChI=1S/C15H24O4/c1-11-8-14(10-17-2)3-4-15(18-5-6-19-15)9-12(14)7-13(11)16/h11-12H,3-10H2,1-2H3/t11-,12-,14+/m1/s1. The quantitative estimate of drug-likeness (QED) is 0.770. The molecular formula is C15H24O4. The number of carbonyl (C=O) groups excluding carboxylic acids is 1. The van der Waals surface area contributed by atoms with E-state index in [0.717, 1.165) is 32.3 Å². The van der Waals surface area contributed by atoms with Gasteiger partial charge in [0.25, 0.3) is 0 Å². The van der Waals surface area contributed by atoms with Crippen LogP contribution in [0.2, 0.25) is 0 Å². The number of hydrogen-bond acceptors (Lipinski definition) is 4. The Bertz CT molecular complexity index is 361. The molecule has 0 amide bonds. The minimum Gasteiger partial charge on any atom is -0.384 e. The van der Waals surface area contributed by atoms with Gasteiger partial charge in [0, 0.05) is 32.3 Å². The van der Waals surface area contributed by atoms with Gasteiger partial charge in [0.2, 0.25) is 0 Å². The van der Waals surface area contributed by atoms with E-state index in [-0.39, 0.29) is 11.3 Å². The zero-order valence-corrected chi connectivity index (χ0v) is 11.9. The maximum Gasteiger partial charge on any atom is 0.168 e. The molecule has 4 nitrogen and oxygen atoms in total. The van der Waals surface area contributed by atoms with Crippen LogP contribution in [-0.4, -0.2) is 38.5 Å². The maximum atomic E-state index is 12.1. The highest BCUT2D eigenvalue weighted by Crippen LogP contribution is 2.55. The van der Waals surface area contributed by atoms with E-state index in [1.54, 1.807) is 7.11 Å². The highest BCUT2D eigenvalue weighted by molar-refractivity contribution is 5.82. The number of hydrogen-bond donors (Lipinski definition) is 0. The predicted octanol–water partition coefficient (Wildman–Crippen LogP) is 2.16. The number of carbonyl (C=O) groups is 1. The smallest absolute Gasteiger partial charge is 0.168 e. The van der Waals surface area contributed by atoms with E-state index in [9.17, 15) is 4.79 Å². The van der Waals surface area contributed by atoms with Crippen molar-refractivity contribution in [3.63, 3.8) is 0 Å². The number of rotatable bonds is 2. The lowest BCUT2D eigenvalue weighted by Gasteiger charge is -2.52. The highest BCUT2D eigenvalue weighted by atomic mass is 16.7. The number of fused-ring (bicyclic) bond motifs is 1. The van der Waals surface area contributed by atoms with Crippen molar-refractivity contribution in [2.45, 2.75) is 44.8 Å². The second-order valence-corrected chi connectivity index (χ2v) is 6.58. The molecule has 108 valence electrons. The molecule has 2 aliphatic carbocycles. The lowest BCUT2D eigenvalue weighted by atomic mass is 9.56. The van der Waals surface area contributed by atoms with Gasteiger partial charge < -0.3 is 14.2 Å². The zero-order chi connectivity index (χ0) is 13.5. The van der Waals surface area contributed by atoms with Crippen molar-refractivity contribution in [2.24, 2.45) is 17.3 Å². The average molecular weight is 268 g/mol. The second-order valence-electron chi connectivity index (χ2n) is 6.58. The van der Waals surface area contributed by atoms with Crippen LogP contribution in [0.3, 0.4) is 0 Å². The Morgan fingerprint density at radius 2 is 2.00 bits per heavy atom. The molecule has 0 aromatic carbocycles. The molecule has 1 spiro atoms. The summed E-state index contributed by atoms with van der Waals surface area (Å²) >= 11 is 0. The molecule has 0 radical (unpaired) electrons. The normalized spacial score (nSPS) is 41.5. The molecule has 3 fully saturated rings. The maximum absolute atomic E-state index is 12.1. The van der Waals surface area contributed by atoms with Crippen LogP contribution >= 0.6 is 0 Å². The molecule has 3 aliphatic rings. The van der Waals surface area contributed by atoms with Crippen LogP contribution in [-0.2, 0) is 19.0 Å². The van der Waals surface area contributed by atoms with E-state index in [1.807, 2.05) is 0 Å². The average Bonchev–Trinajstić information content (AvgIpc) is 2.82. The predicted molar refractivity (Wildman–Crippen MR) is 69.7 cm³/mol. The van der Waals surface area contributed by atoms with Gasteiger partial charge in [-0.2, -0.15) is 0 Å². The fourth-order valence-electron chi connectivity index (χ4n) is 4.36. The van der Waals surface area contributed by atoms with E-state index in [2.05, 4.69) is 6.92 Å².